The molecule has 5 heteroatoms. The lowest BCUT2D eigenvalue weighted by molar-refractivity contribution is 0.00837. The highest BCUT2D eigenvalue weighted by Gasteiger charge is 2.23. The molecule has 0 radical (unpaired) electrons. The minimum absolute atomic E-state index is 0.165. The molecule has 0 spiro atoms. The van der Waals surface area contributed by atoms with Crippen molar-refractivity contribution in [3.05, 3.63) is 0 Å². The van der Waals surface area contributed by atoms with Crippen LogP contribution in [0.15, 0.2) is 0 Å². The first-order valence-electron chi connectivity index (χ1n) is 5.04. The Bertz CT molecular complexity index is 152. The topological polar surface area (TPSA) is 38.5 Å². The van der Waals surface area contributed by atoms with E-state index < -0.39 is 6.43 Å². The normalized spacial score (nSPS) is 19.5. The number of ether oxygens (including phenoxy) is 1. The van der Waals surface area contributed by atoms with Crippen molar-refractivity contribution in [1.82, 2.24) is 4.90 Å². The van der Waals surface area contributed by atoms with Crippen LogP contribution in [0.2, 0.25) is 0 Å². The Balaban J connectivity index is 2.38. The third kappa shape index (κ3) is 3.86. The summed E-state index contributed by atoms with van der Waals surface area (Å²) in [6.45, 7) is 2.17. The van der Waals surface area contributed by atoms with Crippen molar-refractivity contribution < 1.29 is 13.5 Å². The van der Waals surface area contributed by atoms with Crippen molar-refractivity contribution in [2.75, 3.05) is 32.8 Å². The zero-order valence-corrected chi connectivity index (χ0v) is 8.29. The Morgan fingerprint density at radius 1 is 1.36 bits per heavy atom. The number of hydrogen-bond acceptors (Lipinski definition) is 3. The van der Waals surface area contributed by atoms with E-state index in [0.29, 0.717) is 26.3 Å². The van der Waals surface area contributed by atoms with Gasteiger partial charge < -0.3 is 10.5 Å². The van der Waals surface area contributed by atoms with Crippen molar-refractivity contribution in [2.45, 2.75) is 25.3 Å². The van der Waals surface area contributed by atoms with Gasteiger partial charge in [-0.05, 0) is 12.8 Å². The molecule has 14 heavy (non-hydrogen) atoms. The number of nitrogens with two attached hydrogens (primary N) is 1. The third-order valence-electron chi connectivity index (χ3n) is 2.50. The maximum absolute atomic E-state index is 12.2. The maximum atomic E-state index is 12.2. The van der Waals surface area contributed by atoms with Crippen LogP contribution in [-0.2, 0) is 4.74 Å². The summed E-state index contributed by atoms with van der Waals surface area (Å²) in [5, 5.41) is 0. The lowest BCUT2D eigenvalue weighted by Gasteiger charge is -2.33. The average molecular weight is 208 g/mol. The van der Waals surface area contributed by atoms with E-state index in [9.17, 15) is 8.78 Å². The van der Waals surface area contributed by atoms with Crippen LogP contribution in [0.4, 0.5) is 8.78 Å². The van der Waals surface area contributed by atoms with Gasteiger partial charge in [-0.25, -0.2) is 8.78 Å². The van der Waals surface area contributed by atoms with Gasteiger partial charge in [-0.15, -0.1) is 0 Å². The zero-order valence-electron chi connectivity index (χ0n) is 8.29. The molecule has 0 aromatic rings. The highest BCUT2D eigenvalue weighted by molar-refractivity contribution is 4.75. The first-order valence-corrected chi connectivity index (χ1v) is 5.04. The Hall–Kier alpha value is -0.260. The van der Waals surface area contributed by atoms with Gasteiger partial charge in [-0.1, -0.05) is 0 Å². The second kappa shape index (κ2) is 6.27. The first-order chi connectivity index (χ1) is 6.74. The number of rotatable bonds is 5. The van der Waals surface area contributed by atoms with Gasteiger partial charge in [0.1, 0.15) is 0 Å². The van der Waals surface area contributed by atoms with E-state index in [2.05, 4.69) is 0 Å². The molecule has 0 saturated carbocycles. The van der Waals surface area contributed by atoms with Crippen LogP contribution in [0, 0.1) is 0 Å². The summed E-state index contributed by atoms with van der Waals surface area (Å²) in [6.07, 6.45) is -0.594. The zero-order chi connectivity index (χ0) is 10.4. The number of halogens is 2. The molecular weight excluding hydrogens is 190 g/mol. The molecule has 84 valence electrons. The summed E-state index contributed by atoms with van der Waals surface area (Å²) >= 11 is 0. The van der Waals surface area contributed by atoms with E-state index >= 15 is 0 Å². The highest BCUT2D eigenvalue weighted by Crippen LogP contribution is 2.15. The first kappa shape index (κ1) is 11.8. The fourth-order valence-electron chi connectivity index (χ4n) is 1.82. The van der Waals surface area contributed by atoms with Crippen LogP contribution < -0.4 is 5.73 Å². The second-order valence-corrected chi connectivity index (χ2v) is 3.52. The molecule has 3 nitrogen and oxygen atoms in total. The molecule has 0 unspecified atom stereocenters. The quantitative estimate of drug-likeness (QED) is 0.722. The predicted molar refractivity (Wildman–Crippen MR) is 50.5 cm³/mol. The van der Waals surface area contributed by atoms with E-state index in [0.717, 1.165) is 12.8 Å². The van der Waals surface area contributed by atoms with Gasteiger partial charge >= 0.3 is 0 Å². The Morgan fingerprint density at radius 3 is 2.50 bits per heavy atom. The Kier molecular flexibility index (Phi) is 5.29. The van der Waals surface area contributed by atoms with Crippen molar-refractivity contribution >= 4 is 0 Å². The lowest BCUT2D eigenvalue weighted by atomic mass is 10.1. The van der Waals surface area contributed by atoms with Crippen LogP contribution in [0.3, 0.4) is 0 Å². The van der Waals surface area contributed by atoms with Gasteiger partial charge in [0.25, 0.3) is 6.43 Å². The summed E-state index contributed by atoms with van der Waals surface area (Å²) in [6, 6.07) is 0.223. The largest absolute Gasteiger partial charge is 0.381 e. The van der Waals surface area contributed by atoms with Gasteiger partial charge in [-0.2, -0.15) is 0 Å². The molecule has 1 aliphatic heterocycles. The third-order valence-corrected chi connectivity index (χ3v) is 2.50. The monoisotopic (exact) mass is 208 g/mol. The maximum Gasteiger partial charge on any atom is 0.251 e. The van der Waals surface area contributed by atoms with Gasteiger partial charge in [-0.3, -0.25) is 4.90 Å². The lowest BCUT2D eigenvalue weighted by Crippen LogP contribution is -2.44. The van der Waals surface area contributed by atoms with E-state index in [1.165, 1.54) is 0 Å². The number of nitrogens with zero attached hydrogens (tertiary/aromatic N) is 1. The van der Waals surface area contributed by atoms with Crippen molar-refractivity contribution in [3.8, 4) is 0 Å². The summed E-state index contributed by atoms with van der Waals surface area (Å²) in [5.41, 5.74) is 5.39. The van der Waals surface area contributed by atoms with Crippen LogP contribution in [0.25, 0.3) is 0 Å². The summed E-state index contributed by atoms with van der Waals surface area (Å²) in [7, 11) is 0. The SMILES string of the molecule is NCCN(CC(F)F)C1CCOCC1. The number of hydrogen-bond donors (Lipinski definition) is 1. The molecule has 1 fully saturated rings. The fraction of sp³-hybridized carbons (Fsp3) is 1.00. The molecule has 1 saturated heterocycles. The predicted octanol–water partition coefficient (Wildman–Crippen LogP) is 0.691. The molecule has 0 aliphatic carbocycles. The molecule has 0 bridgehead atoms. The molecular formula is C9H18F2N2O. The van der Waals surface area contributed by atoms with E-state index in [1.807, 2.05) is 0 Å². The second-order valence-electron chi connectivity index (χ2n) is 3.52. The number of alkyl halides is 2. The molecule has 0 amide bonds. The molecule has 2 N–H and O–H groups in total. The Labute approximate surface area is 83.2 Å². The molecule has 0 aromatic heterocycles. The Morgan fingerprint density at radius 2 is 2.00 bits per heavy atom. The molecule has 0 atom stereocenters. The summed E-state index contributed by atoms with van der Waals surface area (Å²) in [4.78, 5) is 1.78. The minimum Gasteiger partial charge on any atom is -0.381 e. The van der Waals surface area contributed by atoms with Crippen LogP contribution in [0.1, 0.15) is 12.8 Å². The van der Waals surface area contributed by atoms with Crippen molar-refractivity contribution in [1.29, 1.82) is 0 Å². The summed E-state index contributed by atoms with van der Waals surface area (Å²) in [5.74, 6) is 0. The van der Waals surface area contributed by atoms with E-state index in [4.69, 9.17) is 10.5 Å². The smallest absolute Gasteiger partial charge is 0.251 e. The molecule has 1 aliphatic rings. The van der Waals surface area contributed by atoms with Gasteiger partial charge in [0.2, 0.25) is 0 Å². The van der Waals surface area contributed by atoms with Gasteiger partial charge in [0, 0.05) is 32.3 Å². The van der Waals surface area contributed by atoms with E-state index in [-0.39, 0.29) is 12.6 Å². The molecule has 0 aromatic carbocycles. The van der Waals surface area contributed by atoms with Crippen molar-refractivity contribution in [2.24, 2.45) is 5.73 Å². The van der Waals surface area contributed by atoms with Gasteiger partial charge in [0.05, 0.1) is 6.54 Å². The van der Waals surface area contributed by atoms with Crippen molar-refractivity contribution in [3.63, 3.8) is 0 Å². The standard InChI is InChI=1S/C9H18F2N2O/c10-9(11)7-13(4-3-12)8-1-5-14-6-2-8/h8-9H,1-7,12H2. The molecule has 1 rings (SSSR count). The van der Waals surface area contributed by atoms with Gasteiger partial charge in [0.15, 0.2) is 0 Å². The molecule has 1 heterocycles. The van der Waals surface area contributed by atoms with E-state index in [1.54, 1.807) is 4.90 Å². The average Bonchev–Trinajstić information content (AvgIpc) is 2.18. The summed E-state index contributed by atoms with van der Waals surface area (Å²) < 4.78 is 29.7. The highest BCUT2D eigenvalue weighted by atomic mass is 19.3. The van der Waals surface area contributed by atoms with Crippen LogP contribution in [-0.4, -0.2) is 50.2 Å². The van der Waals surface area contributed by atoms with Crippen LogP contribution >= 0.6 is 0 Å². The minimum atomic E-state index is -2.27. The van der Waals surface area contributed by atoms with Crippen LogP contribution in [0.5, 0.6) is 0 Å². The fourth-order valence-corrected chi connectivity index (χ4v) is 1.82.